The van der Waals surface area contributed by atoms with Crippen LogP contribution in [-0.4, -0.2) is 51.5 Å². The smallest absolute Gasteiger partial charge is 0.295 e. The lowest BCUT2D eigenvalue weighted by atomic mass is 9.95. The molecule has 1 fully saturated rings. The number of aliphatic hydroxyl groups excluding tert-OH is 1. The van der Waals surface area contributed by atoms with Gasteiger partial charge in [-0.3, -0.25) is 9.59 Å². The van der Waals surface area contributed by atoms with E-state index in [1.54, 1.807) is 68.2 Å². The second-order valence-corrected chi connectivity index (χ2v) is 8.05. The van der Waals surface area contributed by atoms with Gasteiger partial charge in [0.15, 0.2) is 0 Å². The number of benzene rings is 2. The van der Waals surface area contributed by atoms with Gasteiger partial charge in [-0.2, -0.15) is 0 Å². The number of aryl methyl sites for hydroxylation is 1. The zero-order valence-electron chi connectivity index (χ0n) is 19.5. The summed E-state index contributed by atoms with van der Waals surface area (Å²) in [5, 5.41) is 11.2. The number of nitrogens with zero attached hydrogens (tertiary/aromatic N) is 3. The minimum atomic E-state index is -0.746. The number of carbonyl (C=O) groups is 2. The number of methoxy groups -OCH3 is 1. The summed E-state index contributed by atoms with van der Waals surface area (Å²) >= 11 is 0. The molecule has 1 saturated heterocycles. The lowest BCUT2D eigenvalue weighted by Gasteiger charge is -2.25. The largest absolute Gasteiger partial charge is 0.507 e. The number of ketones is 1. The number of hydrogen-bond acceptors (Lipinski definition) is 6. The van der Waals surface area contributed by atoms with E-state index in [2.05, 4.69) is 11.6 Å². The van der Waals surface area contributed by atoms with E-state index in [9.17, 15) is 14.7 Å². The minimum absolute atomic E-state index is 0.0469. The van der Waals surface area contributed by atoms with E-state index in [0.29, 0.717) is 48.7 Å². The average Bonchev–Trinajstić information content (AvgIpc) is 3.49. The van der Waals surface area contributed by atoms with E-state index >= 15 is 0 Å². The Hall–Kier alpha value is -4.33. The molecule has 3 aromatic rings. The number of aromatic nitrogens is 2. The van der Waals surface area contributed by atoms with Gasteiger partial charge in [0.05, 0.1) is 25.1 Å². The number of hydrogen-bond donors (Lipinski definition) is 1. The summed E-state index contributed by atoms with van der Waals surface area (Å²) in [6.07, 6.45) is 7.48. The average molecular weight is 474 g/mol. The first kappa shape index (κ1) is 23.8. The molecule has 0 saturated carbocycles. The van der Waals surface area contributed by atoms with Gasteiger partial charge in [-0.1, -0.05) is 24.8 Å². The fourth-order valence-electron chi connectivity index (χ4n) is 4.13. The second kappa shape index (κ2) is 10.7. The van der Waals surface area contributed by atoms with E-state index in [-0.39, 0.29) is 11.3 Å². The van der Waals surface area contributed by atoms with Crippen LogP contribution in [0.15, 0.2) is 85.5 Å². The van der Waals surface area contributed by atoms with Crippen molar-refractivity contribution >= 4 is 17.4 Å². The van der Waals surface area contributed by atoms with Gasteiger partial charge in [0.25, 0.3) is 11.7 Å². The molecule has 8 nitrogen and oxygen atoms in total. The molecule has 1 aliphatic rings. The van der Waals surface area contributed by atoms with Gasteiger partial charge in [-0.15, -0.1) is 0 Å². The fraction of sp³-hybridized carbons (Fsp3) is 0.222. The lowest BCUT2D eigenvalue weighted by molar-refractivity contribution is -0.139. The monoisotopic (exact) mass is 473 g/mol. The van der Waals surface area contributed by atoms with Crippen molar-refractivity contribution in [2.75, 3.05) is 20.3 Å². The van der Waals surface area contributed by atoms with Crippen LogP contribution in [0.1, 0.15) is 23.6 Å². The van der Waals surface area contributed by atoms with E-state index in [1.807, 2.05) is 16.8 Å². The van der Waals surface area contributed by atoms with Crippen LogP contribution in [0.25, 0.3) is 5.76 Å². The maximum absolute atomic E-state index is 13.2. The Morgan fingerprint density at radius 3 is 2.63 bits per heavy atom. The molecule has 0 radical (unpaired) electrons. The summed E-state index contributed by atoms with van der Waals surface area (Å²) in [6, 6.07) is 13.1. The summed E-state index contributed by atoms with van der Waals surface area (Å²) < 4.78 is 12.8. The van der Waals surface area contributed by atoms with E-state index in [1.165, 1.54) is 4.90 Å². The molecule has 1 atom stereocenters. The fourth-order valence-corrected chi connectivity index (χ4v) is 4.13. The number of imidazole rings is 1. The summed E-state index contributed by atoms with van der Waals surface area (Å²) in [5.41, 5.74) is 1.14. The van der Waals surface area contributed by atoms with Crippen molar-refractivity contribution in [2.45, 2.75) is 19.0 Å². The van der Waals surface area contributed by atoms with Crippen LogP contribution in [0.4, 0.5) is 0 Å². The zero-order valence-corrected chi connectivity index (χ0v) is 19.5. The van der Waals surface area contributed by atoms with Gasteiger partial charge in [0.1, 0.15) is 23.9 Å². The normalized spacial score (nSPS) is 16.9. The quantitative estimate of drug-likeness (QED) is 0.207. The first-order valence-corrected chi connectivity index (χ1v) is 11.3. The zero-order chi connectivity index (χ0) is 24.8. The Bertz CT molecular complexity index is 1230. The predicted octanol–water partition coefficient (Wildman–Crippen LogP) is 3.97. The highest BCUT2D eigenvalue weighted by molar-refractivity contribution is 6.46. The topological polar surface area (TPSA) is 93.9 Å². The molecule has 0 bridgehead atoms. The Morgan fingerprint density at radius 2 is 1.94 bits per heavy atom. The van der Waals surface area contributed by atoms with Crippen LogP contribution in [0.3, 0.4) is 0 Å². The van der Waals surface area contributed by atoms with Crippen LogP contribution in [0.2, 0.25) is 0 Å². The Labute approximate surface area is 203 Å². The highest BCUT2D eigenvalue weighted by atomic mass is 16.5. The molecule has 0 aliphatic carbocycles. The molecular formula is C27H27N3O5. The number of aliphatic hydroxyl groups is 1. The standard InChI is InChI=1S/C27H27N3O5/c1-3-16-35-21-10-8-19(9-11-21)25(31)23-24(20-6-4-7-22(17-20)34-2)30(27(33)26(23)32)14-5-13-29-15-12-28-18-29/h3-4,6-12,15,17-18,24,31H,1,5,13-14,16H2,2H3. The highest BCUT2D eigenvalue weighted by Gasteiger charge is 2.45. The van der Waals surface area contributed by atoms with Gasteiger partial charge in [-0.25, -0.2) is 4.98 Å². The van der Waals surface area contributed by atoms with E-state index < -0.39 is 17.7 Å². The molecule has 35 heavy (non-hydrogen) atoms. The van der Waals surface area contributed by atoms with E-state index in [0.717, 1.165) is 0 Å². The maximum atomic E-state index is 13.2. The Morgan fingerprint density at radius 1 is 1.14 bits per heavy atom. The number of likely N-dealkylation sites (tertiary alicyclic amines) is 1. The van der Waals surface area contributed by atoms with Crippen LogP contribution in [-0.2, 0) is 16.1 Å². The number of ether oxygens (including phenoxy) is 2. The minimum Gasteiger partial charge on any atom is -0.507 e. The van der Waals surface area contributed by atoms with Crippen molar-refractivity contribution in [2.24, 2.45) is 0 Å². The summed E-state index contributed by atoms with van der Waals surface area (Å²) in [5.74, 6) is -0.398. The number of Topliss-reactive ketones (excluding diaryl/α,β-unsaturated/α-hetero) is 1. The maximum Gasteiger partial charge on any atom is 0.295 e. The first-order chi connectivity index (χ1) is 17.0. The SMILES string of the molecule is C=CCOc1ccc(C(O)=C2C(=O)C(=O)N(CCCn3ccnc3)C2c2cccc(OC)c2)cc1. The van der Waals surface area contributed by atoms with Crippen molar-refractivity contribution in [1.82, 2.24) is 14.5 Å². The van der Waals surface area contributed by atoms with Gasteiger partial charge in [-0.05, 0) is 48.4 Å². The van der Waals surface area contributed by atoms with E-state index in [4.69, 9.17) is 9.47 Å². The predicted molar refractivity (Wildman–Crippen MR) is 131 cm³/mol. The molecule has 8 heteroatoms. The van der Waals surface area contributed by atoms with Gasteiger partial charge in [0.2, 0.25) is 0 Å². The summed E-state index contributed by atoms with van der Waals surface area (Å²) in [7, 11) is 1.55. The summed E-state index contributed by atoms with van der Waals surface area (Å²) in [4.78, 5) is 31.8. The van der Waals surface area contributed by atoms with Crippen LogP contribution in [0.5, 0.6) is 11.5 Å². The van der Waals surface area contributed by atoms with Crippen LogP contribution >= 0.6 is 0 Å². The molecule has 1 aliphatic heterocycles. The number of carbonyl (C=O) groups excluding carboxylic acids is 2. The molecule has 1 N–H and O–H groups in total. The van der Waals surface area contributed by atoms with Crippen LogP contribution in [0, 0.1) is 0 Å². The Kier molecular flexibility index (Phi) is 7.30. The highest BCUT2D eigenvalue weighted by Crippen LogP contribution is 2.40. The van der Waals surface area contributed by atoms with Crippen molar-refractivity contribution in [1.29, 1.82) is 0 Å². The number of amides is 1. The first-order valence-electron chi connectivity index (χ1n) is 11.3. The molecule has 1 aromatic heterocycles. The molecule has 0 spiro atoms. The van der Waals surface area contributed by atoms with Gasteiger partial charge < -0.3 is 24.0 Å². The van der Waals surface area contributed by atoms with Crippen molar-refractivity contribution in [3.8, 4) is 11.5 Å². The van der Waals surface area contributed by atoms with Crippen molar-refractivity contribution < 1.29 is 24.2 Å². The molecule has 1 amide bonds. The molecule has 180 valence electrons. The third-order valence-electron chi connectivity index (χ3n) is 5.82. The Balaban J connectivity index is 1.70. The molecular weight excluding hydrogens is 446 g/mol. The van der Waals surface area contributed by atoms with Gasteiger partial charge >= 0.3 is 0 Å². The molecule has 2 aromatic carbocycles. The van der Waals surface area contributed by atoms with Crippen molar-refractivity contribution in [3.63, 3.8) is 0 Å². The molecule has 1 unspecified atom stereocenters. The van der Waals surface area contributed by atoms with Gasteiger partial charge in [0, 0.05) is 31.0 Å². The second-order valence-electron chi connectivity index (χ2n) is 8.05. The molecule has 2 heterocycles. The molecule has 4 rings (SSSR count). The van der Waals surface area contributed by atoms with Crippen molar-refractivity contribution in [3.05, 3.63) is 96.6 Å². The van der Waals surface area contributed by atoms with Crippen LogP contribution < -0.4 is 9.47 Å². The third-order valence-corrected chi connectivity index (χ3v) is 5.82. The number of rotatable bonds is 10. The lowest BCUT2D eigenvalue weighted by Crippen LogP contribution is -2.31. The summed E-state index contributed by atoms with van der Waals surface area (Å²) in [6.45, 7) is 4.94. The third kappa shape index (κ3) is 5.11.